The highest BCUT2D eigenvalue weighted by atomic mass is 16.4. The van der Waals surface area contributed by atoms with Crippen molar-refractivity contribution in [2.75, 3.05) is 6.61 Å². The molecule has 5 heteroatoms. The first-order valence-electron chi connectivity index (χ1n) is 3.74. The monoisotopic (exact) mass is 175 g/mol. The van der Waals surface area contributed by atoms with E-state index in [2.05, 4.69) is 5.32 Å². The molecule has 0 radical (unpaired) electrons. The summed E-state index contributed by atoms with van der Waals surface area (Å²) in [6.45, 7) is 1.93. The van der Waals surface area contributed by atoms with E-state index < -0.39 is 12.0 Å². The Labute approximate surface area is 70.4 Å². The summed E-state index contributed by atoms with van der Waals surface area (Å²) in [5.74, 6) is -1.11. The first-order chi connectivity index (χ1) is 5.61. The summed E-state index contributed by atoms with van der Waals surface area (Å²) in [7, 11) is 0. The number of nitrogens with one attached hydrogen (secondary N) is 1. The first-order valence-corrected chi connectivity index (χ1v) is 3.74. The average Bonchev–Trinajstić information content (AvgIpc) is 2.37. The Balaban J connectivity index is 0.000000354. The Morgan fingerprint density at radius 3 is 2.42 bits per heavy atom. The predicted octanol–water partition coefficient (Wildman–Crippen LogP) is -0.652. The third-order valence-electron chi connectivity index (χ3n) is 1.29. The molecule has 0 spiro atoms. The first kappa shape index (κ1) is 10.9. The fraction of sp³-hybridized carbons (Fsp3) is 0.714. The van der Waals surface area contributed by atoms with Gasteiger partial charge in [0.05, 0.1) is 0 Å². The smallest absolute Gasteiger partial charge is 0.326 e. The van der Waals surface area contributed by atoms with Gasteiger partial charge in [-0.05, 0) is 13.3 Å². The van der Waals surface area contributed by atoms with E-state index in [0.717, 1.165) is 0 Å². The van der Waals surface area contributed by atoms with Gasteiger partial charge in [0, 0.05) is 13.0 Å². The molecule has 1 heterocycles. The van der Waals surface area contributed by atoms with Crippen LogP contribution in [0.3, 0.4) is 0 Å². The predicted molar refractivity (Wildman–Crippen MR) is 41.6 cm³/mol. The van der Waals surface area contributed by atoms with Crippen molar-refractivity contribution < 1.29 is 19.8 Å². The van der Waals surface area contributed by atoms with Crippen molar-refractivity contribution in [1.29, 1.82) is 0 Å². The molecule has 1 aliphatic heterocycles. The van der Waals surface area contributed by atoms with E-state index in [1.807, 2.05) is 0 Å². The molecule has 1 fully saturated rings. The highest BCUT2D eigenvalue weighted by molar-refractivity contribution is 5.87. The minimum absolute atomic E-state index is 0.164. The number of rotatable bonds is 1. The summed E-state index contributed by atoms with van der Waals surface area (Å²) in [6, 6.07) is -0.641. The van der Waals surface area contributed by atoms with Crippen LogP contribution in [0, 0.1) is 0 Å². The average molecular weight is 175 g/mol. The van der Waals surface area contributed by atoms with Gasteiger partial charge in [-0.25, -0.2) is 4.79 Å². The minimum Gasteiger partial charge on any atom is -0.480 e. The third-order valence-corrected chi connectivity index (χ3v) is 1.29. The summed E-state index contributed by atoms with van der Waals surface area (Å²) < 4.78 is 0. The SMILES string of the molecule is CCO.O=C1CCC(C(=O)O)N1. The van der Waals surface area contributed by atoms with Crippen molar-refractivity contribution in [2.45, 2.75) is 25.8 Å². The summed E-state index contributed by atoms with van der Waals surface area (Å²) in [6.07, 6.45) is 0.769. The van der Waals surface area contributed by atoms with Crippen molar-refractivity contribution >= 4 is 11.9 Å². The lowest BCUT2D eigenvalue weighted by atomic mass is 10.2. The zero-order valence-corrected chi connectivity index (χ0v) is 6.91. The van der Waals surface area contributed by atoms with E-state index in [0.29, 0.717) is 12.8 Å². The maximum Gasteiger partial charge on any atom is 0.326 e. The molecule has 0 aliphatic carbocycles. The number of carboxylic acids is 1. The Hall–Kier alpha value is -1.10. The Morgan fingerprint density at radius 1 is 1.75 bits per heavy atom. The van der Waals surface area contributed by atoms with Crippen molar-refractivity contribution in [2.24, 2.45) is 0 Å². The van der Waals surface area contributed by atoms with Crippen LogP contribution in [-0.2, 0) is 9.59 Å². The van der Waals surface area contributed by atoms with Gasteiger partial charge in [-0.1, -0.05) is 0 Å². The summed E-state index contributed by atoms with van der Waals surface area (Å²) in [5, 5.41) is 18.2. The van der Waals surface area contributed by atoms with Crippen LogP contribution >= 0.6 is 0 Å². The number of amides is 1. The molecule has 12 heavy (non-hydrogen) atoms. The van der Waals surface area contributed by atoms with Crippen LogP contribution in [-0.4, -0.2) is 34.7 Å². The Kier molecular flexibility index (Phi) is 5.03. The van der Waals surface area contributed by atoms with Crippen molar-refractivity contribution in [3.63, 3.8) is 0 Å². The van der Waals surface area contributed by atoms with Gasteiger partial charge in [-0.15, -0.1) is 0 Å². The number of aliphatic hydroxyl groups is 1. The number of aliphatic carboxylic acids is 1. The van der Waals surface area contributed by atoms with Crippen molar-refractivity contribution in [3.8, 4) is 0 Å². The maximum absolute atomic E-state index is 10.4. The summed E-state index contributed by atoms with van der Waals surface area (Å²) in [5.41, 5.74) is 0. The van der Waals surface area contributed by atoms with Crippen LogP contribution in [0.4, 0.5) is 0 Å². The molecule has 0 aromatic rings. The van der Waals surface area contributed by atoms with E-state index in [1.165, 1.54) is 0 Å². The molecule has 0 aromatic carbocycles. The van der Waals surface area contributed by atoms with Gasteiger partial charge >= 0.3 is 5.97 Å². The van der Waals surface area contributed by atoms with Gasteiger partial charge in [0.2, 0.25) is 5.91 Å². The van der Waals surface area contributed by atoms with Crippen molar-refractivity contribution in [1.82, 2.24) is 5.32 Å². The molecule has 1 atom stereocenters. The van der Waals surface area contributed by atoms with E-state index in [9.17, 15) is 9.59 Å². The van der Waals surface area contributed by atoms with Gasteiger partial charge in [0.25, 0.3) is 0 Å². The molecule has 1 amide bonds. The molecule has 0 bridgehead atoms. The van der Waals surface area contributed by atoms with Gasteiger partial charge < -0.3 is 15.5 Å². The summed E-state index contributed by atoms with van der Waals surface area (Å²) in [4.78, 5) is 20.5. The Morgan fingerprint density at radius 2 is 2.25 bits per heavy atom. The molecule has 0 aromatic heterocycles. The van der Waals surface area contributed by atoms with E-state index in [1.54, 1.807) is 6.92 Å². The summed E-state index contributed by atoms with van der Waals surface area (Å²) >= 11 is 0. The molecule has 0 saturated carbocycles. The van der Waals surface area contributed by atoms with Crippen LogP contribution in [0.2, 0.25) is 0 Å². The Bertz CT molecular complexity index is 169. The van der Waals surface area contributed by atoms with Crippen LogP contribution in [0.1, 0.15) is 19.8 Å². The number of carboxylic acid groups (broad SMARTS) is 1. The molecule has 5 nitrogen and oxygen atoms in total. The normalized spacial score (nSPS) is 20.8. The number of hydrogen-bond acceptors (Lipinski definition) is 3. The number of carbonyl (C=O) groups excluding carboxylic acids is 1. The highest BCUT2D eigenvalue weighted by Gasteiger charge is 2.26. The lowest BCUT2D eigenvalue weighted by molar-refractivity contribution is -0.140. The number of hydrogen-bond donors (Lipinski definition) is 3. The quantitative estimate of drug-likeness (QED) is 0.494. The molecule has 70 valence electrons. The zero-order valence-electron chi connectivity index (χ0n) is 6.91. The molecule has 3 N–H and O–H groups in total. The molecule has 1 rings (SSSR count). The highest BCUT2D eigenvalue weighted by Crippen LogP contribution is 2.05. The second kappa shape index (κ2) is 5.54. The largest absolute Gasteiger partial charge is 0.480 e. The van der Waals surface area contributed by atoms with Gasteiger partial charge in [0.15, 0.2) is 0 Å². The van der Waals surface area contributed by atoms with Gasteiger partial charge in [0.1, 0.15) is 6.04 Å². The van der Waals surface area contributed by atoms with Crippen LogP contribution < -0.4 is 5.32 Å². The topological polar surface area (TPSA) is 86.6 Å². The second-order valence-corrected chi connectivity index (χ2v) is 2.31. The maximum atomic E-state index is 10.4. The standard InChI is InChI=1S/C5H7NO3.C2H6O/c7-4-2-1-3(6-4)5(8)9;1-2-3/h3H,1-2H2,(H,6,7)(H,8,9);3H,2H2,1H3. The lowest BCUT2D eigenvalue weighted by Gasteiger charge is -1.99. The van der Waals surface area contributed by atoms with Crippen LogP contribution in [0.25, 0.3) is 0 Å². The van der Waals surface area contributed by atoms with Gasteiger partial charge in [-0.3, -0.25) is 4.79 Å². The fourth-order valence-electron chi connectivity index (χ4n) is 0.799. The molecule has 1 saturated heterocycles. The third kappa shape index (κ3) is 3.92. The van der Waals surface area contributed by atoms with Crippen LogP contribution in [0.15, 0.2) is 0 Å². The molecular formula is C7H13NO4. The van der Waals surface area contributed by atoms with Gasteiger partial charge in [-0.2, -0.15) is 0 Å². The second-order valence-electron chi connectivity index (χ2n) is 2.31. The molecule has 1 aliphatic rings. The van der Waals surface area contributed by atoms with E-state index >= 15 is 0 Å². The zero-order chi connectivity index (χ0) is 9.56. The van der Waals surface area contributed by atoms with Crippen molar-refractivity contribution in [3.05, 3.63) is 0 Å². The lowest BCUT2D eigenvalue weighted by Crippen LogP contribution is -2.32. The molecule has 1 unspecified atom stereocenters. The van der Waals surface area contributed by atoms with Crippen LogP contribution in [0.5, 0.6) is 0 Å². The van der Waals surface area contributed by atoms with E-state index in [4.69, 9.17) is 10.2 Å². The minimum atomic E-state index is -0.944. The fourth-order valence-corrected chi connectivity index (χ4v) is 0.799. The van der Waals surface area contributed by atoms with E-state index in [-0.39, 0.29) is 12.5 Å². The number of aliphatic hydroxyl groups excluding tert-OH is 1. The molecular weight excluding hydrogens is 162 g/mol. The number of carbonyl (C=O) groups is 2.